The van der Waals surface area contributed by atoms with Gasteiger partial charge in [0.15, 0.2) is 6.29 Å². The molecular formula is C26H40O6. The number of carboxylic acid groups (broad SMARTS) is 1. The summed E-state index contributed by atoms with van der Waals surface area (Å²) in [7, 11) is 0. The lowest BCUT2D eigenvalue weighted by Crippen LogP contribution is -2.35. The van der Waals surface area contributed by atoms with Gasteiger partial charge in [-0.2, -0.15) is 0 Å². The molecule has 1 saturated heterocycles. The lowest BCUT2D eigenvalue weighted by atomic mass is 9.87. The number of aliphatic carboxylic acids is 1. The van der Waals surface area contributed by atoms with Gasteiger partial charge in [-0.15, -0.1) is 11.8 Å². The maximum Gasteiger partial charge on any atom is 0.303 e. The van der Waals surface area contributed by atoms with Crippen LogP contribution in [0.25, 0.3) is 0 Å². The molecule has 6 heteroatoms. The molecule has 0 spiro atoms. The van der Waals surface area contributed by atoms with Crippen molar-refractivity contribution >= 4 is 11.8 Å². The van der Waals surface area contributed by atoms with E-state index in [4.69, 9.17) is 14.6 Å². The number of hydrogen-bond acceptors (Lipinski definition) is 5. The van der Waals surface area contributed by atoms with E-state index >= 15 is 0 Å². The van der Waals surface area contributed by atoms with Crippen molar-refractivity contribution in [3.05, 3.63) is 12.2 Å². The zero-order valence-electron chi connectivity index (χ0n) is 19.7. The summed E-state index contributed by atoms with van der Waals surface area (Å²) >= 11 is 0. The minimum absolute atomic E-state index is 0.118. The Morgan fingerprint density at radius 1 is 1.28 bits per heavy atom. The van der Waals surface area contributed by atoms with Crippen LogP contribution in [0.1, 0.15) is 90.9 Å². The first-order chi connectivity index (χ1) is 15.3. The van der Waals surface area contributed by atoms with Crippen LogP contribution < -0.4 is 0 Å². The summed E-state index contributed by atoms with van der Waals surface area (Å²) in [6, 6.07) is 0. The van der Waals surface area contributed by atoms with Gasteiger partial charge in [0.25, 0.3) is 0 Å². The zero-order chi connectivity index (χ0) is 23.4. The molecule has 0 amide bonds. The summed E-state index contributed by atoms with van der Waals surface area (Å²) in [4.78, 5) is 23.1. The number of ketones is 1. The first-order valence-electron chi connectivity index (χ1n) is 12.2. The highest BCUT2D eigenvalue weighted by Gasteiger charge is 2.40. The predicted molar refractivity (Wildman–Crippen MR) is 123 cm³/mol. The Labute approximate surface area is 192 Å². The van der Waals surface area contributed by atoms with E-state index in [1.165, 1.54) is 0 Å². The molecule has 0 radical (unpaired) electrons. The van der Waals surface area contributed by atoms with Crippen LogP contribution in [0.15, 0.2) is 12.2 Å². The lowest BCUT2D eigenvalue weighted by molar-refractivity contribution is -0.207. The van der Waals surface area contributed by atoms with Gasteiger partial charge in [0.1, 0.15) is 5.78 Å². The molecule has 1 saturated carbocycles. The van der Waals surface area contributed by atoms with Crippen molar-refractivity contribution in [1.29, 1.82) is 0 Å². The Morgan fingerprint density at radius 3 is 2.75 bits per heavy atom. The summed E-state index contributed by atoms with van der Waals surface area (Å²) in [5.41, 5.74) is -0.571. The van der Waals surface area contributed by atoms with E-state index in [1.54, 1.807) is 0 Å². The quantitative estimate of drug-likeness (QED) is 0.242. The van der Waals surface area contributed by atoms with E-state index in [2.05, 4.69) is 11.8 Å². The van der Waals surface area contributed by atoms with Crippen LogP contribution in [0.3, 0.4) is 0 Å². The average molecular weight is 449 g/mol. The third-order valence-electron chi connectivity index (χ3n) is 6.52. The van der Waals surface area contributed by atoms with Gasteiger partial charge in [-0.3, -0.25) is 9.59 Å². The molecule has 2 rings (SSSR count). The predicted octanol–water partition coefficient (Wildman–Crippen LogP) is 4.64. The third-order valence-corrected chi connectivity index (χ3v) is 6.52. The zero-order valence-corrected chi connectivity index (χ0v) is 19.7. The lowest BCUT2D eigenvalue weighted by Gasteiger charge is -2.33. The molecule has 0 aromatic heterocycles. The highest BCUT2D eigenvalue weighted by Crippen LogP contribution is 2.36. The molecule has 2 fully saturated rings. The second-order valence-electron chi connectivity index (χ2n) is 9.28. The molecule has 180 valence electrons. The van der Waals surface area contributed by atoms with Crippen molar-refractivity contribution in [3.63, 3.8) is 0 Å². The first-order valence-corrected chi connectivity index (χ1v) is 12.2. The normalized spacial score (nSPS) is 27.8. The van der Waals surface area contributed by atoms with Crippen LogP contribution in [0, 0.1) is 23.7 Å². The van der Waals surface area contributed by atoms with Crippen molar-refractivity contribution in [1.82, 2.24) is 0 Å². The van der Waals surface area contributed by atoms with Crippen molar-refractivity contribution < 1.29 is 29.3 Å². The molecule has 5 atom stereocenters. The Kier molecular flexibility index (Phi) is 11.4. The van der Waals surface area contributed by atoms with E-state index in [0.29, 0.717) is 19.4 Å². The fourth-order valence-corrected chi connectivity index (χ4v) is 4.62. The van der Waals surface area contributed by atoms with Crippen LogP contribution >= 0.6 is 0 Å². The van der Waals surface area contributed by atoms with Crippen LogP contribution in [-0.2, 0) is 19.1 Å². The number of aliphatic hydroxyl groups excluding tert-OH is 1. The molecule has 2 N–H and O–H groups in total. The van der Waals surface area contributed by atoms with E-state index < -0.39 is 17.7 Å². The van der Waals surface area contributed by atoms with Gasteiger partial charge in [0.2, 0.25) is 0 Å². The number of hydrogen-bond donors (Lipinski definition) is 2. The number of carboxylic acids is 1. The molecule has 2 unspecified atom stereocenters. The minimum Gasteiger partial charge on any atom is -0.481 e. The summed E-state index contributed by atoms with van der Waals surface area (Å²) in [5.74, 6) is 4.98. The molecule has 6 nitrogen and oxygen atoms in total. The van der Waals surface area contributed by atoms with Crippen LogP contribution in [0.5, 0.6) is 0 Å². The Hall–Kier alpha value is -1.68. The second-order valence-corrected chi connectivity index (χ2v) is 9.28. The van der Waals surface area contributed by atoms with E-state index in [-0.39, 0.29) is 36.8 Å². The van der Waals surface area contributed by atoms with Gasteiger partial charge in [-0.1, -0.05) is 31.4 Å². The second kappa shape index (κ2) is 13.8. The Morgan fingerprint density at radius 2 is 2.06 bits per heavy atom. The van der Waals surface area contributed by atoms with Gasteiger partial charge in [0, 0.05) is 37.7 Å². The summed E-state index contributed by atoms with van der Waals surface area (Å²) in [5, 5.41) is 19.3. The van der Waals surface area contributed by atoms with Crippen molar-refractivity contribution in [3.8, 4) is 11.8 Å². The standard InChI is InChI=1S/C26H40O6/c1-3-4-10-16-26(2,32-25-14-9-11-18-31-25)17-15-21-20(22(27)19-23(21)28)12-7-5-6-8-13-24(29)30/h15,17,20-21,23,25,28H,5-14,16,18-19H2,1-2H3,(H,29,30)/t20-,21-,23-,25?,26?/m1/s1. The maximum absolute atomic E-state index is 12.5. The molecule has 1 aliphatic carbocycles. The summed E-state index contributed by atoms with van der Waals surface area (Å²) < 4.78 is 12.1. The van der Waals surface area contributed by atoms with Crippen LogP contribution in [0.4, 0.5) is 0 Å². The number of Topliss-reactive ketones (excluding diaryl/α,β-unsaturated/α-hetero) is 1. The highest BCUT2D eigenvalue weighted by molar-refractivity contribution is 5.84. The van der Waals surface area contributed by atoms with E-state index in [9.17, 15) is 14.7 Å². The van der Waals surface area contributed by atoms with Crippen molar-refractivity contribution in [2.75, 3.05) is 6.61 Å². The monoisotopic (exact) mass is 448 g/mol. The molecular weight excluding hydrogens is 408 g/mol. The molecule has 1 aliphatic heterocycles. The van der Waals surface area contributed by atoms with Gasteiger partial charge in [-0.25, -0.2) is 0 Å². The number of unbranched alkanes of at least 4 members (excludes halogenated alkanes) is 3. The van der Waals surface area contributed by atoms with Gasteiger partial charge in [-0.05, 0) is 52.4 Å². The molecule has 2 aliphatic rings. The van der Waals surface area contributed by atoms with Crippen molar-refractivity contribution in [2.24, 2.45) is 11.8 Å². The van der Waals surface area contributed by atoms with Gasteiger partial charge >= 0.3 is 5.97 Å². The van der Waals surface area contributed by atoms with E-state index in [1.807, 2.05) is 26.0 Å². The van der Waals surface area contributed by atoms with E-state index in [0.717, 1.165) is 51.4 Å². The summed E-state index contributed by atoms with van der Waals surface area (Å²) in [6.45, 7) is 4.56. The van der Waals surface area contributed by atoms with Gasteiger partial charge in [0.05, 0.1) is 11.7 Å². The topological polar surface area (TPSA) is 93.1 Å². The molecule has 32 heavy (non-hydrogen) atoms. The van der Waals surface area contributed by atoms with Gasteiger partial charge < -0.3 is 19.7 Å². The smallest absolute Gasteiger partial charge is 0.303 e. The number of carbonyl (C=O) groups excluding carboxylic acids is 1. The largest absolute Gasteiger partial charge is 0.481 e. The molecule has 0 aromatic rings. The SMILES string of the molecule is CC#CCCC(C)(C=C[C@H]1[C@H](O)CC(=O)[C@@H]1CCCCCCC(=O)O)OC1CCCCO1. The molecule has 1 heterocycles. The molecule has 0 aromatic carbocycles. The first kappa shape index (κ1) is 26.6. The highest BCUT2D eigenvalue weighted by atomic mass is 16.7. The fourth-order valence-electron chi connectivity index (χ4n) is 4.62. The number of rotatable bonds is 13. The number of ether oxygens (including phenoxy) is 2. The Bertz CT molecular complexity index is 684. The average Bonchev–Trinajstić information content (AvgIpc) is 3.02. The Balaban J connectivity index is 1.98. The summed E-state index contributed by atoms with van der Waals surface area (Å²) in [6.07, 6.45) is 11.9. The van der Waals surface area contributed by atoms with Crippen LogP contribution in [-0.4, -0.2) is 46.6 Å². The minimum atomic E-state index is -0.766. The van der Waals surface area contributed by atoms with Crippen LogP contribution in [0.2, 0.25) is 0 Å². The fraction of sp³-hybridized carbons (Fsp3) is 0.769. The van der Waals surface area contributed by atoms with Crippen molar-refractivity contribution in [2.45, 2.75) is 109 Å². The number of aliphatic hydroxyl groups is 1. The number of carbonyl (C=O) groups is 2. The maximum atomic E-state index is 12.5. The third kappa shape index (κ3) is 9.05. The molecule has 0 bridgehead atoms.